The van der Waals surface area contributed by atoms with Crippen LogP contribution >= 0.6 is 46.8 Å². The molecule has 2 N–H and O–H groups in total. The summed E-state index contributed by atoms with van der Waals surface area (Å²) in [6.45, 7) is 0.501. The van der Waals surface area contributed by atoms with E-state index in [1.165, 1.54) is 11.3 Å². The molecule has 0 aliphatic heterocycles. The van der Waals surface area contributed by atoms with Gasteiger partial charge in [0.25, 0.3) is 5.91 Å². The monoisotopic (exact) mass is 438 g/mol. The Morgan fingerprint density at radius 2 is 2.04 bits per heavy atom. The van der Waals surface area contributed by atoms with E-state index in [1.54, 1.807) is 6.07 Å². The third-order valence-corrected chi connectivity index (χ3v) is 6.16. The molecule has 1 fully saturated rings. The number of nitrogens with zero attached hydrogens (tertiary/aromatic N) is 2. The zero-order valence-electron chi connectivity index (χ0n) is 14.2. The number of H-pyrrole nitrogens is 1. The second-order valence-corrected chi connectivity index (χ2v) is 8.72. The van der Waals surface area contributed by atoms with Crippen LogP contribution < -0.4 is 5.32 Å². The Kier molecular flexibility index (Phi) is 5.36. The molecule has 1 saturated carbocycles. The summed E-state index contributed by atoms with van der Waals surface area (Å²) < 4.78 is 2.72. The number of nitrogens with one attached hydrogen (secondary N) is 2. The summed E-state index contributed by atoms with van der Waals surface area (Å²) in [5.74, 6) is 0.787. The number of thiophene rings is 1. The van der Waals surface area contributed by atoms with Crippen LogP contribution in [0, 0.1) is 4.77 Å². The zero-order chi connectivity index (χ0) is 19.0. The van der Waals surface area contributed by atoms with Crippen LogP contribution in [0.15, 0.2) is 30.3 Å². The van der Waals surface area contributed by atoms with Crippen LogP contribution in [0.1, 0.15) is 34.4 Å². The Hall–Kier alpha value is -1.67. The topological polar surface area (TPSA) is 62.7 Å². The van der Waals surface area contributed by atoms with Gasteiger partial charge in [-0.3, -0.25) is 9.89 Å². The normalized spacial score (nSPS) is 13.7. The molecule has 9 heteroatoms. The number of carbonyl (C=O) groups excluding carboxylic acids is 1. The smallest absolute Gasteiger partial charge is 0.261 e. The highest BCUT2D eigenvalue weighted by Crippen LogP contribution is 2.36. The maximum Gasteiger partial charge on any atom is 0.261 e. The van der Waals surface area contributed by atoms with Gasteiger partial charge in [0.2, 0.25) is 0 Å². The lowest BCUT2D eigenvalue weighted by Crippen LogP contribution is -2.25. The molecule has 0 unspecified atom stereocenters. The standard InChI is InChI=1S/C18H16Cl2N4OS2/c19-11-7-10(8-12(20)9-11)14-3-4-15(27-14)17(25)21-6-5-16-22-23-18(26)24(16)13-1-2-13/h3-4,7-9,13H,1-2,5-6H2,(H,21,25)(H,23,26). The van der Waals surface area contributed by atoms with Crippen LogP contribution in [0.25, 0.3) is 10.4 Å². The fourth-order valence-corrected chi connectivity index (χ4v) is 4.64. The van der Waals surface area contributed by atoms with Crippen molar-refractivity contribution in [3.63, 3.8) is 0 Å². The summed E-state index contributed by atoms with van der Waals surface area (Å²) in [5.41, 5.74) is 0.900. The van der Waals surface area contributed by atoms with Crippen LogP contribution in [0.5, 0.6) is 0 Å². The molecule has 1 aliphatic rings. The number of rotatable bonds is 6. The maximum atomic E-state index is 12.4. The van der Waals surface area contributed by atoms with Gasteiger partial charge in [-0.1, -0.05) is 23.2 Å². The first-order valence-electron chi connectivity index (χ1n) is 8.51. The quantitative estimate of drug-likeness (QED) is 0.514. The van der Waals surface area contributed by atoms with E-state index in [2.05, 4.69) is 20.1 Å². The minimum absolute atomic E-state index is 0.105. The number of amides is 1. The van der Waals surface area contributed by atoms with Crippen molar-refractivity contribution in [2.75, 3.05) is 6.54 Å². The number of hydrogen-bond donors (Lipinski definition) is 2. The number of benzene rings is 1. The first-order chi connectivity index (χ1) is 13.0. The van der Waals surface area contributed by atoms with Gasteiger partial charge in [0.15, 0.2) is 4.77 Å². The van der Waals surface area contributed by atoms with Crippen molar-refractivity contribution in [3.8, 4) is 10.4 Å². The number of hydrogen-bond acceptors (Lipinski definition) is 4. The van der Waals surface area contributed by atoms with Gasteiger partial charge in [-0.05, 0) is 61.0 Å². The van der Waals surface area contributed by atoms with E-state index in [0.717, 1.165) is 29.1 Å². The number of aromatic nitrogens is 3. The Morgan fingerprint density at radius 3 is 2.74 bits per heavy atom. The fraction of sp³-hybridized carbons (Fsp3) is 0.278. The van der Waals surface area contributed by atoms with Gasteiger partial charge in [0, 0.05) is 33.9 Å². The molecule has 4 rings (SSSR count). The second-order valence-electron chi connectivity index (χ2n) is 6.37. The lowest BCUT2D eigenvalue weighted by molar-refractivity contribution is 0.0958. The van der Waals surface area contributed by atoms with E-state index in [9.17, 15) is 4.79 Å². The van der Waals surface area contributed by atoms with Crippen LogP contribution in [0.4, 0.5) is 0 Å². The van der Waals surface area contributed by atoms with Gasteiger partial charge in [0.05, 0.1) is 4.88 Å². The van der Waals surface area contributed by atoms with E-state index in [-0.39, 0.29) is 5.91 Å². The summed E-state index contributed by atoms with van der Waals surface area (Å²) >= 11 is 18.8. The molecule has 3 aromatic rings. The molecular formula is C18H16Cl2N4OS2. The zero-order valence-corrected chi connectivity index (χ0v) is 17.3. The van der Waals surface area contributed by atoms with Crippen LogP contribution in [0.3, 0.4) is 0 Å². The number of aromatic amines is 1. The molecule has 0 radical (unpaired) electrons. The Morgan fingerprint density at radius 1 is 1.30 bits per heavy atom. The Labute approximate surface area is 175 Å². The summed E-state index contributed by atoms with van der Waals surface area (Å²) in [4.78, 5) is 14.0. The van der Waals surface area contributed by atoms with Gasteiger partial charge in [-0.2, -0.15) is 5.10 Å². The molecule has 1 amide bonds. The van der Waals surface area contributed by atoms with Crippen molar-refractivity contribution in [1.29, 1.82) is 0 Å². The molecule has 5 nitrogen and oxygen atoms in total. The fourth-order valence-electron chi connectivity index (χ4n) is 2.91. The molecule has 1 aromatic carbocycles. The first-order valence-corrected chi connectivity index (χ1v) is 10.5. The van der Waals surface area contributed by atoms with Gasteiger partial charge in [-0.15, -0.1) is 11.3 Å². The molecule has 2 heterocycles. The second kappa shape index (κ2) is 7.75. The SMILES string of the molecule is O=C(NCCc1n[nH]c(=S)n1C1CC1)c1ccc(-c2cc(Cl)cc(Cl)c2)s1. The molecule has 2 aromatic heterocycles. The molecule has 0 atom stereocenters. The van der Waals surface area contributed by atoms with Gasteiger partial charge >= 0.3 is 0 Å². The van der Waals surface area contributed by atoms with Gasteiger partial charge in [0.1, 0.15) is 5.82 Å². The van der Waals surface area contributed by atoms with E-state index in [4.69, 9.17) is 35.4 Å². The minimum Gasteiger partial charge on any atom is -0.351 e. The van der Waals surface area contributed by atoms with Crippen molar-refractivity contribution in [1.82, 2.24) is 20.1 Å². The predicted molar refractivity (Wildman–Crippen MR) is 111 cm³/mol. The van der Waals surface area contributed by atoms with E-state index < -0.39 is 0 Å². The van der Waals surface area contributed by atoms with E-state index in [1.807, 2.05) is 24.3 Å². The summed E-state index contributed by atoms with van der Waals surface area (Å²) in [6.07, 6.45) is 2.91. The van der Waals surface area contributed by atoms with Crippen molar-refractivity contribution in [2.45, 2.75) is 25.3 Å². The summed E-state index contributed by atoms with van der Waals surface area (Å²) in [6, 6.07) is 9.53. The highest BCUT2D eigenvalue weighted by Gasteiger charge is 2.27. The first kappa shape index (κ1) is 18.7. The Balaban J connectivity index is 1.39. The molecule has 1 aliphatic carbocycles. The summed E-state index contributed by atoms with van der Waals surface area (Å²) in [5, 5.41) is 11.2. The maximum absolute atomic E-state index is 12.4. The molecule has 0 bridgehead atoms. The molecule has 0 spiro atoms. The third kappa shape index (κ3) is 4.27. The third-order valence-electron chi connectivity index (χ3n) is 4.30. The Bertz CT molecular complexity index is 1030. The average molecular weight is 439 g/mol. The molecule has 140 valence electrons. The van der Waals surface area contributed by atoms with Crippen molar-refractivity contribution >= 4 is 52.7 Å². The minimum atomic E-state index is -0.105. The van der Waals surface area contributed by atoms with Crippen LogP contribution in [0.2, 0.25) is 10.0 Å². The van der Waals surface area contributed by atoms with Crippen LogP contribution in [-0.2, 0) is 6.42 Å². The lowest BCUT2D eigenvalue weighted by Gasteiger charge is -2.06. The van der Waals surface area contributed by atoms with Gasteiger partial charge in [-0.25, -0.2) is 0 Å². The van der Waals surface area contributed by atoms with E-state index in [0.29, 0.717) is 38.7 Å². The molecule has 27 heavy (non-hydrogen) atoms. The van der Waals surface area contributed by atoms with Crippen molar-refractivity contribution in [2.24, 2.45) is 0 Å². The van der Waals surface area contributed by atoms with Crippen LogP contribution in [-0.4, -0.2) is 27.2 Å². The van der Waals surface area contributed by atoms with Crippen molar-refractivity contribution in [3.05, 3.63) is 55.8 Å². The van der Waals surface area contributed by atoms with Gasteiger partial charge < -0.3 is 9.88 Å². The predicted octanol–water partition coefficient (Wildman–Crippen LogP) is 5.28. The van der Waals surface area contributed by atoms with E-state index >= 15 is 0 Å². The summed E-state index contributed by atoms with van der Waals surface area (Å²) in [7, 11) is 0. The largest absolute Gasteiger partial charge is 0.351 e. The average Bonchev–Trinajstić information content (AvgIpc) is 3.20. The highest BCUT2D eigenvalue weighted by molar-refractivity contribution is 7.71. The lowest BCUT2D eigenvalue weighted by atomic mass is 10.2. The molecule has 0 saturated heterocycles. The highest BCUT2D eigenvalue weighted by atomic mass is 35.5. The number of carbonyl (C=O) groups is 1. The molecular weight excluding hydrogens is 423 g/mol. The van der Waals surface area contributed by atoms with Crippen molar-refractivity contribution < 1.29 is 4.79 Å². The number of halogens is 2.